The predicted octanol–water partition coefficient (Wildman–Crippen LogP) is 4.23. The molecule has 0 saturated carbocycles. The Morgan fingerprint density at radius 2 is 2.07 bits per heavy atom. The van der Waals surface area contributed by atoms with Crippen LogP contribution >= 0.6 is 0 Å². The first kappa shape index (κ1) is 10.5. The Balaban J connectivity index is 3.18. The minimum absolute atomic E-state index is 0.968. The molecule has 0 heterocycles. The molecule has 0 radical (unpaired) electrons. The van der Waals surface area contributed by atoms with Crippen molar-refractivity contribution in [1.29, 1.82) is 0 Å². The zero-order valence-corrected chi connectivity index (χ0v) is 8.88. The molecule has 0 saturated heterocycles. The summed E-state index contributed by atoms with van der Waals surface area (Å²) >= 11 is 0. The second-order valence-electron chi connectivity index (χ2n) is 3.30. The first-order valence-electron chi connectivity index (χ1n) is 4.74. The van der Waals surface area contributed by atoms with Crippen molar-refractivity contribution in [2.75, 3.05) is 0 Å². The van der Waals surface area contributed by atoms with Crippen LogP contribution in [0.25, 0.3) is 11.6 Å². The Kier molecular flexibility index (Phi) is 3.47. The Labute approximate surface area is 86.3 Å². The van der Waals surface area contributed by atoms with Crippen molar-refractivity contribution in [2.45, 2.75) is 13.8 Å². The van der Waals surface area contributed by atoms with E-state index in [4.69, 9.17) is 0 Å². The summed E-state index contributed by atoms with van der Waals surface area (Å²) in [5.41, 5.74) is 4.63. The predicted molar refractivity (Wildman–Crippen MR) is 65.1 cm³/mol. The summed E-state index contributed by atoms with van der Waals surface area (Å²) in [5.74, 6) is 0. The van der Waals surface area contributed by atoms with Crippen molar-refractivity contribution in [3.8, 4) is 0 Å². The Hall–Kier alpha value is -1.56. The van der Waals surface area contributed by atoms with Gasteiger partial charge in [0.05, 0.1) is 0 Å². The number of aryl methyl sites for hydroxylation is 1. The van der Waals surface area contributed by atoms with Gasteiger partial charge in [-0.05, 0) is 42.2 Å². The molecule has 72 valence electrons. The fraction of sp³-hybridized carbons (Fsp3) is 0.143. The zero-order chi connectivity index (χ0) is 10.6. The summed E-state index contributed by atoms with van der Waals surface area (Å²) in [6, 6.07) is 6.32. The van der Waals surface area contributed by atoms with Crippen LogP contribution in [0.15, 0.2) is 43.5 Å². The van der Waals surface area contributed by atoms with Crippen LogP contribution in [0.1, 0.15) is 23.6 Å². The van der Waals surface area contributed by atoms with E-state index in [1.165, 1.54) is 11.1 Å². The van der Waals surface area contributed by atoms with Crippen molar-refractivity contribution in [3.05, 3.63) is 60.2 Å². The maximum absolute atomic E-state index is 3.93. The summed E-state index contributed by atoms with van der Waals surface area (Å²) in [5, 5.41) is 0. The molecule has 0 bridgehead atoms. The second-order valence-corrected chi connectivity index (χ2v) is 3.30. The van der Waals surface area contributed by atoms with E-state index in [9.17, 15) is 0 Å². The van der Waals surface area contributed by atoms with Crippen LogP contribution in [0, 0.1) is 6.92 Å². The summed E-state index contributed by atoms with van der Waals surface area (Å²) < 4.78 is 0. The Morgan fingerprint density at radius 1 is 1.36 bits per heavy atom. The highest BCUT2D eigenvalue weighted by molar-refractivity contribution is 5.73. The van der Waals surface area contributed by atoms with Gasteiger partial charge in [-0.25, -0.2) is 0 Å². The van der Waals surface area contributed by atoms with Crippen LogP contribution in [0.2, 0.25) is 0 Å². The highest BCUT2D eigenvalue weighted by Crippen LogP contribution is 2.18. The van der Waals surface area contributed by atoms with Crippen molar-refractivity contribution in [1.82, 2.24) is 0 Å². The number of hydrogen-bond donors (Lipinski definition) is 0. The van der Waals surface area contributed by atoms with E-state index in [0.29, 0.717) is 0 Å². The minimum atomic E-state index is 0.968. The molecule has 0 N–H and O–H groups in total. The monoisotopic (exact) mass is 184 g/mol. The lowest BCUT2D eigenvalue weighted by Crippen LogP contribution is -1.85. The fourth-order valence-corrected chi connectivity index (χ4v) is 1.32. The van der Waals surface area contributed by atoms with E-state index >= 15 is 0 Å². The van der Waals surface area contributed by atoms with Gasteiger partial charge in [0.2, 0.25) is 0 Å². The van der Waals surface area contributed by atoms with Gasteiger partial charge in [0.25, 0.3) is 0 Å². The van der Waals surface area contributed by atoms with E-state index in [2.05, 4.69) is 44.4 Å². The van der Waals surface area contributed by atoms with Gasteiger partial charge in [-0.3, -0.25) is 0 Å². The maximum atomic E-state index is 3.93. The van der Waals surface area contributed by atoms with E-state index in [1.807, 2.05) is 13.0 Å². The molecule has 0 heteroatoms. The summed E-state index contributed by atoms with van der Waals surface area (Å²) in [6.45, 7) is 11.8. The molecule has 0 aliphatic rings. The lowest BCUT2D eigenvalue weighted by atomic mass is 10.0. The molecule has 0 aromatic heterocycles. The van der Waals surface area contributed by atoms with Gasteiger partial charge in [0.1, 0.15) is 0 Å². The number of rotatable bonds is 3. The van der Waals surface area contributed by atoms with E-state index < -0.39 is 0 Å². The van der Waals surface area contributed by atoms with E-state index in [0.717, 1.165) is 11.1 Å². The third kappa shape index (κ3) is 2.23. The molecule has 1 aromatic carbocycles. The molecule has 14 heavy (non-hydrogen) atoms. The number of benzene rings is 1. The van der Waals surface area contributed by atoms with Crippen LogP contribution in [0.3, 0.4) is 0 Å². The molecular formula is C14H16. The summed E-state index contributed by atoms with van der Waals surface area (Å²) in [6.07, 6.45) is 5.93. The van der Waals surface area contributed by atoms with Gasteiger partial charge in [0.15, 0.2) is 0 Å². The highest BCUT2D eigenvalue weighted by atomic mass is 14.0. The standard InChI is InChI=1S/C14H16/c1-5-7-13-10-14(11(3)6-2)9-8-12(13)4/h5-10H,2-3H2,1,4H3. The van der Waals surface area contributed by atoms with Crippen LogP contribution in [-0.2, 0) is 0 Å². The molecule has 0 amide bonds. The van der Waals surface area contributed by atoms with Crippen LogP contribution < -0.4 is 0 Å². The van der Waals surface area contributed by atoms with E-state index in [1.54, 1.807) is 6.08 Å². The quantitative estimate of drug-likeness (QED) is 0.617. The number of hydrogen-bond acceptors (Lipinski definition) is 0. The van der Waals surface area contributed by atoms with Crippen molar-refractivity contribution < 1.29 is 0 Å². The number of allylic oxidation sites excluding steroid dienone is 3. The largest absolute Gasteiger partial charge is 0.0985 e. The minimum Gasteiger partial charge on any atom is -0.0985 e. The maximum Gasteiger partial charge on any atom is -0.0184 e. The van der Waals surface area contributed by atoms with Gasteiger partial charge in [-0.2, -0.15) is 0 Å². The molecular weight excluding hydrogens is 168 g/mol. The van der Waals surface area contributed by atoms with Crippen molar-refractivity contribution >= 4 is 11.6 Å². The van der Waals surface area contributed by atoms with Crippen LogP contribution in [-0.4, -0.2) is 0 Å². The molecule has 0 fully saturated rings. The Bertz CT molecular complexity index is 381. The third-order valence-corrected chi connectivity index (χ3v) is 2.24. The SMILES string of the molecule is C=CC(=C)c1ccc(C)c(C=CC)c1. The first-order valence-corrected chi connectivity index (χ1v) is 4.74. The zero-order valence-electron chi connectivity index (χ0n) is 8.88. The molecule has 0 aliphatic heterocycles. The van der Waals surface area contributed by atoms with Gasteiger partial charge >= 0.3 is 0 Å². The van der Waals surface area contributed by atoms with Crippen molar-refractivity contribution in [3.63, 3.8) is 0 Å². The summed E-state index contributed by atoms with van der Waals surface area (Å²) in [4.78, 5) is 0. The lowest BCUT2D eigenvalue weighted by molar-refractivity contribution is 1.42. The van der Waals surface area contributed by atoms with Gasteiger partial charge in [-0.15, -0.1) is 0 Å². The lowest BCUT2D eigenvalue weighted by Gasteiger charge is -2.05. The highest BCUT2D eigenvalue weighted by Gasteiger charge is 1.98. The van der Waals surface area contributed by atoms with Crippen LogP contribution in [0.5, 0.6) is 0 Å². The fourth-order valence-electron chi connectivity index (χ4n) is 1.32. The molecule has 0 nitrogen and oxygen atoms in total. The van der Waals surface area contributed by atoms with Crippen molar-refractivity contribution in [2.24, 2.45) is 0 Å². The topological polar surface area (TPSA) is 0 Å². The Morgan fingerprint density at radius 3 is 2.64 bits per heavy atom. The molecule has 1 aromatic rings. The molecule has 1 rings (SSSR count). The normalized spacial score (nSPS) is 10.4. The molecule has 0 spiro atoms. The van der Waals surface area contributed by atoms with Gasteiger partial charge < -0.3 is 0 Å². The smallest absolute Gasteiger partial charge is 0.0184 e. The molecule has 0 atom stereocenters. The van der Waals surface area contributed by atoms with E-state index in [-0.39, 0.29) is 0 Å². The average Bonchev–Trinajstić information content (AvgIpc) is 2.20. The summed E-state index contributed by atoms with van der Waals surface area (Å²) in [7, 11) is 0. The van der Waals surface area contributed by atoms with Gasteiger partial charge in [0, 0.05) is 0 Å². The second kappa shape index (κ2) is 4.61. The third-order valence-electron chi connectivity index (χ3n) is 2.24. The average molecular weight is 184 g/mol. The van der Waals surface area contributed by atoms with Gasteiger partial charge in [-0.1, -0.05) is 43.5 Å². The molecule has 0 aliphatic carbocycles. The molecule has 0 unspecified atom stereocenters. The first-order chi connectivity index (χ1) is 6.69. The van der Waals surface area contributed by atoms with Crippen LogP contribution in [0.4, 0.5) is 0 Å².